The molecule has 0 saturated carbocycles. The Kier molecular flexibility index (Phi) is 3.26. The Hall–Kier alpha value is -3.22. The normalized spacial score (nSPS) is 11.2. The Morgan fingerprint density at radius 3 is 2.71 bits per heavy atom. The van der Waals surface area contributed by atoms with Gasteiger partial charge in [0.1, 0.15) is 11.6 Å². The summed E-state index contributed by atoms with van der Waals surface area (Å²) in [5.41, 5.74) is 1.62. The fourth-order valence-electron chi connectivity index (χ4n) is 2.71. The molecular weight excluding hydrogens is 306 g/mol. The molecule has 4 aromatic rings. The first kappa shape index (κ1) is 14.4. The van der Waals surface area contributed by atoms with Crippen LogP contribution in [0.5, 0.6) is 5.75 Å². The van der Waals surface area contributed by atoms with Gasteiger partial charge in [-0.3, -0.25) is 4.79 Å². The van der Waals surface area contributed by atoms with E-state index in [0.717, 1.165) is 11.3 Å². The number of nitrogens with zero attached hydrogens (tertiary/aromatic N) is 5. The van der Waals surface area contributed by atoms with Crippen LogP contribution >= 0.6 is 0 Å². The molecule has 0 radical (unpaired) electrons. The summed E-state index contributed by atoms with van der Waals surface area (Å²) >= 11 is 0. The summed E-state index contributed by atoms with van der Waals surface area (Å²) in [7, 11) is 1.63. The summed E-state index contributed by atoms with van der Waals surface area (Å²) in [6, 6.07) is 9.51. The molecule has 3 aromatic heterocycles. The van der Waals surface area contributed by atoms with Gasteiger partial charge in [0, 0.05) is 12.4 Å². The predicted molar refractivity (Wildman–Crippen MR) is 89.4 cm³/mol. The minimum Gasteiger partial charge on any atom is -0.497 e. The molecule has 24 heavy (non-hydrogen) atoms. The van der Waals surface area contributed by atoms with Crippen molar-refractivity contribution in [3.05, 3.63) is 64.5 Å². The molecule has 120 valence electrons. The fourth-order valence-corrected chi connectivity index (χ4v) is 2.71. The van der Waals surface area contributed by atoms with E-state index in [1.54, 1.807) is 35.5 Å². The van der Waals surface area contributed by atoms with Crippen molar-refractivity contribution in [3.63, 3.8) is 0 Å². The second-order valence-electron chi connectivity index (χ2n) is 5.52. The van der Waals surface area contributed by atoms with Crippen LogP contribution in [0, 0.1) is 6.92 Å². The lowest BCUT2D eigenvalue weighted by atomic mass is 10.2. The van der Waals surface area contributed by atoms with Crippen LogP contribution in [0.4, 0.5) is 0 Å². The first-order valence-corrected chi connectivity index (χ1v) is 7.50. The number of fused-ring (bicyclic) bond motifs is 3. The van der Waals surface area contributed by atoms with Crippen LogP contribution in [0.3, 0.4) is 0 Å². The number of hydrogen-bond donors (Lipinski definition) is 0. The van der Waals surface area contributed by atoms with E-state index >= 15 is 0 Å². The van der Waals surface area contributed by atoms with Crippen molar-refractivity contribution < 1.29 is 4.74 Å². The van der Waals surface area contributed by atoms with Crippen LogP contribution in [-0.2, 0) is 6.54 Å². The molecule has 0 aliphatic rings. The van der Waals surface area contributed by atoms with Crippen LogP contribution < -0.4 is 10.3 Å². The maximum atomic E-state index is 12.7. The van der Waals surface area contributed by atoms with Crippen molar-refractivity contribution in [1.29, 1.82) is 0 Å². The van der Waals surface area contributed by atoms with E-state index in [2.05, 4.69) is 15.1 Å². The van der Waals surface area contributed by atoms with Gasteiger partial charge in [-0.1, -0.05) is 12.1 Å². The van der Waals surface area contributed by atoms with Gasteiger partial charge < -0.3 is 9.30 Å². The van der Waals surface area contributed by atoms with Crippen molar-refractivity contribution in [2.45, 2.75) is 13.5 Å². The smallest absolute Gasteiger partial charge is 0.261 e. The van der Waals surface area contributed by atoms with Crippen molar-refractivity contribution in [3.8, 4) is 5.75 Å². The molecule has 0 aliphatic heterocycles. The lowest BCUT2D eigenvalue weighted by Gasteiger charge is -2.08. The second kappa shape index (κ2) is 5.45. The summed E-state index contributed by atoms with van der Waals surface area (Å²) in [6.07, 6.45) is 3.33. The average Bonchev–Trinajstić information content (AvgIpc) is 2.98. The van der Waals surface area contributed by atoms with Gasteiger partial charge in [-0.15, -0.1) is 5.10 Å². The number of aryl methyl sites for hydroxylation is 1. The maximum absolute atomic E-state index is 12.7. The largest absolute Gasteiger partial charge is 0.497 e. The van der Waals surface area contributed by atoms with Crippen LogP contribution in [0.2, 0.25) is 0 Å². The minimum absolute atomic E-state index is 0.106. The van der Waals surface area contributed by atoms with E-state index < -0.39 is 0 Å². The van der Waals surface area contributed by atoms with E-state index in [4.69, 9.17) is 4.74 Å². The Morgan fingerprint density at radius 2 is 1.96 bits per heavy atom. The van der Waals surface area contributed by atoms with E-state index in [0.29, 0.717) is 29.0 Å². The molecule has 3 heterocycles. The van der Waals surface area contributed by atoms with Crippen molar-refractivity contribution >= 4 is 16.7 Å². The molecular formula is C17H15N5O2. The predicted octanol–water partition coefficient (Wildman–Crippen LogP) is 1.80. The molecule has 0 N–H and O–H groups in total. The van der Waals surface area contributed by atoms with Crippen molar-refractivity contribution in [2.24, 2.45) is 0 Å². The molecule has 7 nitrogen and oxygen atoms in total. The number of ether oxygens (including phenoxy) is 1. The summed E-state index contributed by atoms with van der Waals surface area (Å²) in [4.78, 5) is 21.2. The Labute approximate surface area is 137 Å². The van der Waals surface area contributed by atoms with Crippen molar-refractivity contribution in [1.82, 2.24) is 24.1 Å². The highest BCUT2D eigenvalue weighted by Crippen LogP contribution is 2.13. The monoisotopic (exact) mass is 321 g/mol. The van der Waals surface area contributed by atoms with E-state index in [1.807, 2.05) is 30.3 Å². The average molecular weight is 321 g/mol. The lowest BCUT2D eigenvalue weighted by molar-refractivity contribution is 0.414. The maximum Gasteiger partial charge on any atom is 0.261 e. The van der Waals surface area contributed by atoms with Gasteiger partial charge in [-0.2, -0.15) is 9.50 Å². The number of pyridine rings is 1. The third-order valence-corrected chi connectivity index (χ3v) is 3.92. The zero-order chi connectivity index (χ0) is 16.7. The molecule has 1 aromatic carbocycles. The standard InChI is InChI=1S/C17H15N5O2/c1-11-19-17-18-9-14-15(22(17)20-11)7-8-21(16(14)23)10-12-3-5-13(24-2)6-4-12/h3-9H,10H2,1-2H3. The minimum atomic E-state index is -0.106. The fraction of sp³-hybridized carbons (Fsp3) is 0.176. The molecule has 0 spiro atoms. The summed E-state index contributed by atoms with van der Waals surface area (Å²) < 4.78 is 8.41. The molecule has 0 atom stereocenters. The first-order chi connectivity index (χ1) is 11.7. The van der Waals surface area contributed by atoms with E-state index in [9.17, 15) is 4.79 Å². The Balaban J connectivity index is 1.80. The Morgan fingerprint density at radius 1 is 1.17 bits per heavy atom. The van der Waals surface area contributed by atoms with Gasteiger partial charge in [-0.05, 0) is 30.7 Å². The molecule has 0 saturated heterocycles. The summed E-state index contributed by atoms with van der Waals surface area (Å²) in [5, 5.41) is 4.81. The summed E-state index contributed by atoms with van der Waals surface area (Å²) in [5.74, 6) is 1.91. The molecule has 0 bridgehead atoms. The SMILES string of the molecule is COc1ccc(Cn2ccc3c(cnc4nc(C)nn43)c2=O)cc1. The number of aromatic nitrogens is 5. The quantitative estimate of drug-likeness (QED) is 0.575. The third kappa shape index (κ3) is 2.30. The zero-order valence-corrected chi connectivity index (χ0v) is 13.3. The number of methoxy groups -OCH3 is 1. The second-order valence-corrected chi connectivity index (χ2v) is 5.52. The van der Waals surface area contributed by atoms with Gasteiger partial charge >= 0.3 is 0 Å². The highest BCUT2D eigenvalue weighted by atomic mass is 16.5. The highest BCUT2D eigenvalue weighted by molar-refractivity contribution is 5.78. The number of rotatable bonds is 3. The van der Waals surface area contributed by atoms with Gasteiger partial charge in [0.15, 0.2) is 0 Å². The van der Waals surface area contributed by atoms with Crippen LogP contribution in [0.15, 0.2) is 47.5 Å². The van der Waals surface area contributed by atoms with Crippen LogP contribution in [-0.4, -0.2) is 31.3 Å². The Bertz CT molecular complexity index is 1100. The van der Waals surface area contributed by atoms with Crippen LogP contribution in [0.25, 0.3) is 16.7 Å². The van der Waals surface area contributed by atoms with Gasteiger partial charge in [0.2, 0.25) is 0 Å². The van der Waals surface area contributed by atoms with Gasteiger partial charge in [-0.25, -0.2) is 4.98 Å². The molecule has 0 aliphatic carbocycles. The van der Waals surface area contributed by atoms with E-state index in [-0.39, 0.29) is 5.56 Å². The molecule has 0 amide bonds. The molecule has 0 unspecified atom stereocenters. The molecule has 0 fully saturated rings. The topological polar surface area (TPSA) is 74.3 Å². The van der Waals surface area contributed by atoms with Gasteiger partial charge in [0.05, 0.1) is 24.6 Å². The zero-order valence-electron chi connectivity index (χ0n) is 13.3. The molecule has 7 heteroatoms. The van der Waals surface area contributed by atoms with E-state index in [1.165, 1.54) is 0 Å². The number of benzene rings is 1. The highest BCUT2D eigenvalue weighted by Gasteiger charge is 2.10. The first-order valence-electron chi connectivity index (χ1n) is 7.50. The van der Waals surface area contributed by atoms with Crippen LogP contribution in [0.1, 0.15) is 11.4 Å². The molecule has 4 rings (SSSR count). The summed E-state index contributed by atoms with van der Waals surface area (Å²) in [6.45, 7) is 2.28. The van der Waals surface area contributed by atoms with Crippen molar-refractivity contribution in [2.75, 3.05) is 7.11 Å². The third-order valence-electron chi connectivity index (χ3n) is 3.92. The lowest BCUT2D eigenvalue weighted by Crippen LogP contribution is -2.21. The van der Waals surface area contributed by atoms with Gasteiger partial charge in [0.25, 0.3) is 11.3 Å². The number of hydrogen-bond acceptors (Lipinski definition) is 5.